The van der Waals surface area contributed by atoms with Gasteiger partial charge in [0.15, 0.2) is 0 Å². The SMILES string of the molecule is CCC1CCCCC1(CN)NCCN(C)C. The third-order valence-corrected chi connectivity index (χ3v) is 4.10. The molecule has 0 bridgehead atoms. The van der Waals surface area contributed by atoms with Crippen LogP contribution in [0.25, 0.3) is 0 Å². The summed E-state index contributed by atoms with van der Waals surface area (Å²) in [6.07, 6.45) is 6.59. The highest BCUT2D eigenvalue weighted by Crippen LogP contribution is 2.35. The van der Waals surface area contributed by atoms with Crippen molar-refractivity contribution in [1.29, 1.82) is 0 Å². The molecule has 0 heterocycles. The number of hydrogen-bond acceptors (Lipinski definition) is 3. The monoisotopic (exact) mass is 227 g/mol. The standard InChI is InChI=1S/C13H29N3/c1-4-12-7-5-6-8-13(12,11-14)15-9-10-16(2)3/h12,15H,4-11,14H2,1-3H3. The van der Waals surface area contributed by atoms with Crippen molar-refractivity contribution in [3.05, 3.63) is 0 Å². The Morgan fingerprint density at radius 1 is 1.38 bits per heavy atom. The molecule has 3 N–H and O–H groups in total. The van der Waals surface area contributed by atoms with E-state index >= 15 is 0 Å². The second-order valence-electron chi connectivity index (χ2n) is 5.44. The summed E-state index contributed by atoms with van der Waals surface area (Å²) in [6.45, 7) is 5.24. The smallest absolute Gasteiger partial charge is 0.0332 e. The van der Waals surface area contributed by atoms with Crippen LogP contribution in [-0.2, 0) is 0 Å². The summed E-state index contributed by atoms with van der Waals surface area (Å²) in [5.41, 5.74) is 6.27. The van der Waals surface area contributed by atoms with Crippen molar-refractivity contribution in [1.82, 2.24) is 10.2 Å². The normalized spacial score (nSPS) is 30.9. The molecule has 1 fully saturated rings. The molecule has 16 heavy (non-hydrogen) atoms. The van der Waals surface area contributed by atoms with Crippen molar-refractivity contribution in [2.45, 2.75) is 44.6 Å². The lowest BCUT2D eigenvalue weighted by Gasteiger charge is -2.44. The van der Waals surface area contributed by atoms with Crippen molar-refractivity contribution < 1.29 is 0 Å². The summed E-state index contributed by atoms with van der Waals surface area (Å²) in [7, 11) is 4.24. The molecule has 0 aliphatic heterocycles. The molecule has 3 nitrogen and oxygen atoms in total. The lowest BCUT2D eigenvalue weighted by Crippen LogP contribution is -2.58. The van der Waals surface area contributed by atoms with Gasteiger partial charge in [-0.15, -0.1) is 0 Å². The molecular formula is C13H29N3. The molecule has 0 spiro atoms. The maximum atomic E-state index is 6.04. The molecule has 3 heteroatoms. The summed E-state index contributed by atoms with van der Waals surface area (Å²) in [4.78, 5) is 2.22. The molecule has 2 unspecified atom stereocenters. The minimum atomic E-state index is 0.225. The van der Waals surface area contributed by atoms with Crippen LogP contribution in [0.1, 0.15) is 39.0 Å². The summed E-state index contributed by atoms with van der Waals surface area (Å²) in [5, 5.41) is 3.75. The average molecular weight is 227 g/mol. The van der Waals surface area contributed by atoms with Crippen LogP contribution in [-0.4, -0.2) is 44.2 Å². The predicted octanol–water partition coefficient (Wildman–Crippen LogP) is 1.44. The zero-order chi connectivity index (χ0) is 12.0. The predicted molar refractivity (Wildman–Crippen MR) is 70.6 cm³/mol. The maximum absolute atomic E-state index is 6.04. The Bertz CT molecular complexity index is 194. The molecular weight excluding hydrogens is 198 g/mol. The van der Waals surface area contributed by atoms with Crippen LogP contribution >= 0.6 is 0 Å². The van der Waals surface area contributed by atoms with Crippen LogP contribution in [0.5, 0.6) is 0 Å². The highest BCUT2D eigenvalue weighted by atomic mass is 15.1. The van der Waals surface area contributed by atoms with E-state index in [-0.39, 0.29) is 5.54 Å². The second-order valence-corrected chi connectivity index (χ2v) is 5.44. The summed E-state index contributed by atoms with van der Waals surface area (Å²) >= 11 is 0. The Kier molecular flexibility index (Phi) is 5.73. The van der Waals surface area contributed by atoms with Gasteiger partial charge >= 0.3 is 0 Å². The fourth-order valence-electron chi connectivity index (χ4n) is 3.01. The van der Waals surface area contributed by atoms with Crippen LogP contribution in [0.2, 0.25) is 0 Å². The molecule has 2 atom stereocenters. The van der Waals surface area contributed by atoms with E-state index in [1.165, 1.54) is 32.1 Å². The zero-order valence-corrected chi connectivity index (χ0v) is 11.3. The number of nitrogens with two attached hydrogens (primary N) is 1. The Balaban J connectivity index is 2.51. The van der Waals surface area contributed by atoms with Gasteiger partial charge in [0.1, 0.15) is 0 Å². The van der Waals surface area contributed by atoms with Gasteiger partial charge in [-0.3, -0.25) is 0 Å². The van der Waals surface area contributed by atoms with Gasteiger partial charge in [-0.05, 0) is 32.9 Å². The van der Waals surface area contributed by atoms with Crippen molar-refractivity contribution in [2.24, 2.45) is 11.7 Å². The topological polar surface area (TPSA) is 41.3 Å². The maximum Gasteiger partial charge on any atom is 0.0332 e. The van der Waals surface area contributed by atoms with Gasteiger partial charge in [-0.25, -0.2) is 0 Å². The first-order valence-electron chi connectivity index (χ1n) is 6.74. The van der Waals surface area contributed by atoms with E-state index in [2.05, 4.69) is 31.2 Å². The van der Waals surface area contributed by atoms with Crippen LogP contribution in [0.15, 0.2) is 0 Å². The largest absolute Gasteiger partial charge is 0.329 e. The number of nitrogens with one attached hydrogen (secondary N) is 1. The van der Waals surface area contributed by atoms with Crippen LogP contribution in [0, 0.1) is 5.92 Å². The molecule has 0 aromatic carbocycles. The average Bonchev–Trinajstić information content (AvgIpc) is 2.29. The minimum Gasteiger partial charge on any atom is -0.329 e. The van der Waals surface area contributed by atoms with Crippen molar-refractivity contribution in [2.75, 3.05) is 33.7 Å². The fourth-order valence-corrected chi connectivity index (χ4v) is 3.01. The molecule has 0 radical (unpaired) electrons. The number of rotatable bonds is 6. The third kappa shape index (κ3) is 3.44. The first-order chi connectivity index (χ1) is 7.64. The van der Waals surface area contributed by atoms with Crippen LogP contribution in [0.4, 0.5) is 0 Å². The molecule has 0 aromatic heterocycles. The highest BCUT2D eigenvalue weighted by molar-refractivity contribution is 4.97. The number of hydrogen-bond donors (Lipinski definition) is 2. The van der Waals surface area contributed by atoms with Gasteiger partial charge in [0.05, 0.1) is 0 Å². The van der Waals surface area contributed by atoms with Crippen molar-refractivity contribution in [3.8, 4) is 0 Å². The van der Waals surface area contributed by atoms with E-state index in [9.17, 15) is 0 Å². The quantitative estimate of drug-likeness (QED) is 0.721. The van der Waals surface area contributed by atoms with Gasteiger partial charge < -0.3 is 16.0 Å². The van der Waals surface area contributed by atoms with Crippen molar-refractivity contribution in [3.63, 3.8) is 0 Å². The first kappa shape index (κ1) is 13.9. The van der Waals surface area contributed by atoms with Gasteiger partial charge in [0.2, 0.25) is 0 Å². The van der Waals surface area contributed by atoms with Crippen LogP contribution in [0.3, 0.4) is 0 Å². The fraction of sp³-hybridized carbons (Fsp3) is 1.00. The highest BCUT2D eigenvalue weighted by Gasteiger charge is 2.37. The number of nitrogens with zero attached hydrogens (tertiary/aromatic N) is 1. The van der Waals surface area contributed by atoms with E-state index in [0.717, 1.165) is 25.6 Å². The number of likely N-dealkylation sites (N-methyl/N-ethyl adjacent to an activating group) is 1. The Morgan fingerprint density at radius 3 is 2.69 bits per heavy atom. The van der Waals surface area contributed by atoms with Gasteiger partial charge in [0.25, 0.3) is 0 Å². The summed E-state index contributed by atoms with van der Waals surface area (Å²) in [5.74, 6) is 0.772. The van der Waals surface area contributed by atoms with E-state index in [1.54, 1.807) is 0 Å². The second kappa shape index (κ2) is 6.58. The van der Waals surface area contributed by atoms with Gasteiger partial charge in [-0.2, -0.15) is 0 Å². The zero-order valence-electron chi connectivity index (χ0n) is 11.3. The third-order valence-electron chi connectivity index (χ3n) is 4.10. The van der Waals surface area contributed by atoms with Crippen LogP contribution < -0.4 is 11.1 Å². The van der Waals surface area contributed by atoms with E-state index in [1.807, 2.05) is 0 Å². The van der Waals surface area contributed by atoms with Gasteiger partial charge in [0, 0.05) is 25.2 Å². The molecule has 0 saturated heterocycles. The summed E-state index contributed by atoms with van der Waals surface area (Å²) in [6, 6.07) is 0. The molecule has 96 valence electrons. The Hall–Kier alpha value is -0.120. The molecule has 1 aliphatic rings. The molecule has 1 aliphatic carbocycles. The molecule has 0 amide bonds. The first-order valence-corrected chi connectivity index (χ1v) is 6.74. The van der Waals surface area contributed by atoms with Gasteiger partial charge in [-0.1, -0.05) is 26.2 Å². The minimum absolute atomic E-state index is 0.225. The molecule has 1 rings (SSSR count). The lowest BCUT2D eigenvalue weighted by atomic mass is 9.71. The van der Waals surface area contributed by atoms with E-state index < -0.39 is 0 Å². The van der Waals surface area contributed by atoms with Crippen molar-refractivity contribution >= 4 is 0 Å². The Labute approximate surface area is 101 Å². The molecule has 1 saturated carbocycles. The van der Waals surface area contributed by atoms with E-state index in [0.29, 0.717) is 0 Å². The molecule has 0 aromatic rings. The lowest BCUT2D eigenvalue weighted by molar-refractivity contribution is 0.140. The summed E-state index contributed by atoms with van der Waals surface area (Å²) < 4.78 is 0. The Morgan fingerprint density at radius 2 is 2.12 bits per heavy atom. The van der Waals surface area contributed by atoms with E-state index in [4.69, 9.17) is 5.73 Å².